The van der Waals surface area contributed by atoms with Crippen LogP contribution in [0.2, 0.25) is 0 Å². The minimum Gasteiger partial charge on any atom is -0.369 e. The van der Waals surface area contributed by atoms with Crippen molar-refractivity contribution < 1.29 is 0 Å². The van der Waals surface area contributed by atoms with Crippen molar-refractivity contribution in [2.45, 2.75) is 6.92 Å². The van der Waals surface area contributed by atoms with Gasteiger partial charge >= 0.3 is 0 Å². The average Bonchev–Trinajstić information content (AvgIpc) is 2.12. The maximum atomic E-state index is 5.14. The van der Waals surface area contributed by atoms with E-state index in [1.54, 1.807) is 6.21 Å². The molecule has 0 aromatic heterocycles. The maximum Gasteiger partial charge on any atom is 0.211 e. The Balaban J connectivity index is 2.92. The van der Waals surface area contributed by atoms with Crippen LogP contribution >= 0.6 is 22.6 Å². The standard InChI is InChI=1S/C9H11IN4/c1-6-7(3-2-4-8(6)10)5-13-14-9(11)12/h2-5H,1H3,(H4,11,12,14). The average molecular weight is 302 g/mol. The van der Waals surface area contributed by atoms with Crippen LogP contribution in [0.4, 0.5) is 0 Å². The summed E-state index contributed by atoms with van der Waals surface area (Å²) in [6.45, 7) is 2.03. The normalized spacial score (nSPS) is 10.4. The van der Waals surface area contributed by atoms with Gasteiger partial charge in [0, 0.05) is 3.57 Å². The number of nitrogens with zero attached hydrogens (tertiary/aromatic N) is 2. The van der Waals surface area contributed by atoms with E-state index in [0.29, 0.717) is 0 Å². The van der Waals surface area contributed by atoms with Gasteiger partial charge in [0.15, 0.2) is 0 Å². The molecule has 4 nitrogen and oxygen atoms in total. The zero-order chi connectivity index (χ0) is 10.6. The highest BCUT2D eigenvalue weighted by molar-refractivity contribution is 14.1. The van der Waals surface area contributed by atoms with Gasteiger partial charge < -0.3 is 11.5 Å². The van der Waals surface area contributed by atoms with Gasteiger partial charge in [-0.15, -0.1) is 5.10 Å². The Kier molecular flexibility index (Phi) is 3.87. The molecule has 0 aliphatic heterocycles. The van der Waals surface area contributed by atoms with E-state index in [2.05, 4.69) is 32.8 Å². The molecular weight excluding hydrogens is 291 g/mol. The molecule has 0 aliphatic carbocycles. The van der Waals surface area contributed by atoms with Crippen molar-refractivity contribution in [2.75, 3.05) is 0 Å². The van der Waals surface area contributed by atoms with Gasteiger partial charge in [-0.25, -0.2) is 0 Å². The van der Waals surface area contributed by atoms with E-state index in [0.717, 1.165) is 5.56 Å². The minimum absolute atomic E-state index is 0.0375. The van der Waals surface area contributed by atoms with E-state index in [1.165, 1.54) is 9.13 Å². The number of hydrogen-bond acceptors (Lipinski definition) is 2. The smallest absolute Gasteiger partial charge is 0.211 e. The molecular formula is C9H11IN4. The summed E-state index contributed by atoms with van der Waals surface area (Å²) in [5.41, 5.74) is 12.5. The van der Waals surface area contributed by atoms with Gasteiger partial charge in [-0.3, -0.25) is 0 Å². The molecule has 0 aliphatic rings. The summed E-state index contributed by atoms with van der Waals surface area (Å²) < 4.78 is 1.19. The van der Waals surface area contributed by atoms with E-state index in [9.17, 15) is 0 Å². The fourth-order valence-electron chi connectivity index (χ4n) is 0.922. The van der Waals surface area contributed by atoms with Crippen molar-refractivity contribution >= 4 is 34.8 Å². The topological polar surface area (TPSA) is 76.8 Å². The summed E-state index contributed by atoms with van der Waals surface area (Å²) >= 11 is 2.27. The highest BCUT2D eigenvalue weighted by Gasteiger charge is 1.97. The van der Waals surface area contributed by atoms with E-state index in [-0.39, 0.29) is 5.96 Å². The van der Waals surface area contributed by atoms with Crippen molar-refractivity contribution in [3.63, 3.8) is 0 Å². The predicted molar refractivity (Wildman–Crippen MR) is 67.3 cm³/mol. The van der Waals surface area contributed by atoms with Gasteiger partial charge in [0.25, 0.3) is 0 Å². The van der Waals surface area contributed by atoms with Gasteiger partial charge in [0.05, 0.1) is 6.21 Å². The molecule has 0 atom stereocenters. The predicted octanol–water partition coefficient (Wildman–Crippen LogP) is 1.21. The Hall–Kier alpha value is -1.11. The lowest BCUT2D eigenvalue weighted by Crippen LogP contribution is -2.21. The molecule has 0 saturated carbocycles. The zero-order valence-electron chi connectivity index (χ0n) is 7.74. The SMILES string of the molecule is Cc1c(I)cccc1C=NN=C(N)N. The van der Waals surface area contributed by atoms with Gasteiger partial charge in [-0.05, 0) is 46.7 Å². The molecule has 0 radical (unpaired) electrons. The van der Waals surface area contributed by atoms with Crippen LogP contribution in [-0.4, -0.2) is 12.2 Å². The second-order valence-corrected chi connectivity index (χ2v) is 3.89. The molecule has 5 heteroatoms. The highest BCUT2D eigenvalue weighted by atomic mass is 127. The molecule has 0 bridgehead atoms. The first-order valence-corrected chi connectivity index (χ1v) is 5.06. The van der Waals surface area contributed by atoms with Gasteiger partial charge in [-0.1, -0.05) is 12.1 Å². The van der Waals surface area contributed by atoms with Gasteiger partial charge in [-0.2, -0.15) is 5.10 Å². The van der Waals surface area contributed by atoms with Crippen LogP contribution in [-0.2, 0) is 0 Å². The lowest BCUT2D eigenvalue weighted by molar-refractivity contribution is 1.21. The van der Waals surface area contributed by atoms with Crippen molar-refractivity contribution in [3.8, 4) is 0 Å². The Morgan fingerprint density at radius 1 is 1.43 bits per heavy atom. The third kappa shape index (κ3) is 2.99. The zero-order valence-corrected chi connectivity index (χ0v) is 9.89. The summed E-state index contributed by atoms with van der Waals surface area (Å²) in [5, 5.41) is 7.28. The third-order valence-electron chi connectivity index (χ3n) is 1.68. The molecule has 0 saturated heterocycles. The highest BCUT2D eigenvalue weighted by Crippen LogP contribution is 2.13. The van der Waals surface area contributed by atoms with E-state index < -0.39 is 0 Å². The molecule has 74 valence electrons. The molecule has 0 unspecified atom stereocenters. The van der Waals surface area contributed by atoms with Crippen LogP contribution in [0.15, 0.2) is 28.4 Å². The molecule has 0 fully saturated rings. The molecule has 14 heavy (non-hydrogen) atoms. The molecule has 1 aromatic carbocycles. The largest absolute Gasteiger partial charge is 0.369 e. The van der Waals surface area contributed by atoms with E-state index >= 15 is 0 Å². The van der Waals surface area contributed by atoms with Crippen molar-refractivity contribution in [2.24, 2.45) is 21.7 Å². The summed E-state index contributed by atoms with van der Waals surface area (Å²) in [4.78, 5) is 0. The van der Waals surface area contributed by atoms with Crippen molar-refractivity contribution in [1.29, 1.82) is 0 Å². The Morgan fingerprint density at radius 2 is 2.14 bits per heavy atom. The lowest BCUT2D eigenvalue weighted by Gasteiger charge is -2.00. The van der Waals surface area contributed by atoms with Crippen LogP contribution < -0.4 is 11.5 Å². The van der Waals surface area contributed by atoms with E-state index in [1.807, 2.05) is 25.1 Å². The lowest BCUT2D eigenvalue weighted by atomic mass is 10.1. The van der Waals surface area contributed by atoms with Crippen LogP contribution in [0, 0.1) is 10.5 Å². The Morgan fingerprint density at radius 3 is 2.79 bits per heavy atom. The van der Waals surface area contributed by atoms with Crippen LogP contribution in [0.5, 0.6) is 0 Å². The number of hydrogen-bond donors (Lipinski definition) is 2. The fraction of sp³-hybridized carbons (Fsp3) is 0.111. The summed E-state index contributed by atoms with van der Waals surface area (Å²) in [7, 11) is 0. The van der Waals surface area contributed by atoms with Crippen LogP contribution in [0.25, 0.3) is 0 Å². The van der Waals surface area contributed by atoms with Crippen LogP contribution in [0.3, 0.4) is 0 Å². The van der Waals surface area contributed by atoms with Crippen molar-refractivity contribution in [3.05, 3.63) is 32.9 Å². The third-order valence-corrected chi connectivity index (χ3v) is 2.85. The maximum absolute atomic E-state index is 5.14. The van der Waals surface area contributed by atoms with Crippen molar-refractivity contribution in [1.82, 2.24) is 0 Å². The number of guanidine groups is 1. The summed E-state index contributed by atoms with van der Waals surface area (Å²) in [6.07, 6.45) is 1.64. The molecule has 1 aromatic rings. The second-order valence-electron chi connectivity index (χ2n) is 2.72. The van der Waals surface area contributed by atoms with Gasteiger partial charge in [0.1, 0.15) is 0 Å². The first kappa shape index (κ1) is 11.0. The number of rotatable bonds is 2. The first-order valence-electron chi connectivity index (χ1n) is 3.98. The summed E-state index contributed by atoms with van der Waals surface area (Å²) in [5.74, 6) is -0.0375. The summed E-state index contributed by atoms with van der Waals surface area (Å²) in [6, 6.07) is 5.96. The molecule has 0 heterocycles. The van der Waals surface area contributed by atoms with E-state index in [4.69, 9.17) is 11.5 Å². The minimum atomic E-state index is -0.0375. The molecule has 0 amide bonds. The number of halogens is 1. The Labute approximate surface area is 96.2 Å². The monoisotopic (exact) mass is 302 g/mol. The molecule has 4 N–H and O–H groups in total. The van der Waals surface area contributed by atoms with Gasteiger partial charge in [0.2, 0.25) is 5.96 Å². The first-order chi connectivity index (χ1) is 6.61. The Bertz CT molecular complexity index is 380. The quantitative estimate of drug-likeness (QED) is 0.373. The van der Waals surface area contributed by atoms with Crippen LogP contribution in [0.1, 0.15) is 11.1 Å². The number of nitrogens with two attached hydrogens (primary N) is 2. The molecule has 0 spiro atoms. The fourth-order valence-corrected chi connectivity index (χ4v) is 1.44. The molecule has 1 rings (SSSR count). The number of benzene rings is 1. The second kappa shape index (κ2) is 4.94.